The number of ketones is 1. The van der Waals surface area contributed by atoms with Gasteiger partial charge in [0.05, 0.1) is 10.7 Å². The molecule has 48 heavy (non-hydrogen) atoms. The van der Waals surface area contributed by atoms with E-state index in [1.165, 1.54) is 37.7 Å². The fourth-order valence-corrected chi connectivity index (χ4v) is 7.54. The molecule has 0 atom stereocenters. The van der Waals surface area contributed by atoms with E-state index in [9.17, 15) is 9.59 Å². The number of fused-ring (bicyclic) bond motifs is 1. The van der Waals surface area contributed by atoms with E-state index in [0.29, 0.717) is 28.1 Å². The zero-order valence-electron chi connectivity index (χ0n) is 28.0. The number of halogens is 1. The van der Waals surface area contributed by atoms with Gasteiger partial charge in [-0.05, 0) is 104 Å². The number of pyridine rings is 2. The first-order chi connectivity index (χ1) is 23.3. The van der Waals surface area contributed by atoms with Gasteiger partial charge >= 0.3 is 0 Å². The Hall–Kier alpha value is -3.91. The van der Waals surface area contributed by atoms with Crippen molar-refractivity contribution in [3.8, 4) is 11.1 Å². The fraction of sp³-hybridized carbons (Fsp3) is 0.400. The molecule has 2 aromatic heterocycles. The number of unbranched alkanes of at least 4 members (excludes halogenated alkanes) is 1. The van der Waals surface area contributed by atoms with Crippen LogP contribution in [-0.4, -0.2) is 50.9 Å². The van der Waals surface area contributed by atoms with Gasteiger partial charge in [0.15, 0.2) is 5.78 Å². The summed E-state index contributed by atoms with van der Waals surface area (Å²) in [6.07, 6.45) is 11.7. The molecule has 1 saturated carbocycles. The number of benzene rings is 2. The second kappa shape index (κ2) is 15.5. The van der Waals surface area contributed by atoms with Crippen LogP contribution in [0.5, 0.6) is 0 Å². The summed E-state index contributed by atoms with van der Waals surface area (Å²) in [6.45, 7) is 6.11. The predicted octanol–water partition coefficient (Wildman–Crippen LogP) is 8.10. The summed E-state index contributed by atoms with van der Waals surface area (Å²) in [5, 5.41) is 12.5. The molecule has 1 amide bonds. The van der Waals surface area contributed by atoms with E-state index in [1.54, 1.807) is 12.3 Å². The SMILES string of the molecule is Cc1cc(C(=O)Cc2cccc(-c3cccc(NC(=O)c4ccc(CCCCO)cn4)c3C)c2Cl)nc2c1CCN(C1CCCCC1)C2. The van der Waals surface area contributed by atoms with E-state index in [2.05, 4.69) is 22.1 Å². The van der Waals surface area contributed by atoms with Gasteiger partial charge in [-0.25, -0.2) is 4.98 Å². The highest BCUT2D eigenvalue weighted by molar-refractivity contribution is 6.34. The van der Waals surface area contributed by atoms with Crippen LogP contribution in [0.25, 0.3) is 11.1 Å². The molecule has 0 bridgehead atoms. The number of nitrogens with zero attached hydrogens (tertiary/aromatic N) is 3. The Morgan fingerprint density at radius 1 is 0.979 bits per heavy atom. The van der Waals surface area contributed by atoms with Crippen LogP contribution in [0, 0.1) is 13.8 Å². The standard InChI is InChI=1S/C40H45ClN4O3/c1-26-22-36(43-37-25-45(20-19-31(26)37)30-12-4-3-5-13-30)38(47)23-29-11-8-15-33(39(29)41)32-14-9-16-34(27(32)2)44-40(48)35-18-17-28(24-42-35)10-6-7-21-46/h8-9,11,14-18,22,24,30,46H,3-7,10,12-13,19-21,23,25H2,1-2H3,(H,44,48). The molecular formula is C40H45ClN4O3. The van der Waals surface area contributed by atoms with Crippen LogP contribution in [-0.2, 0) is 25.8 Å². The summed E-state index contributed by atoms with van der Waals surface area (Å²) in [5.74, 6) is -0.336. The Labute approximate surface area is 288 Å². The van der Waals surface area contributed by atoms with Crippen molar-refractivity contribution in [1.82, 2.24) is 14.9 Å². The fourth-order valence-electron chi connectivity index (χ4n) is 7.25. The van der Waals surface area contributed by atoms with E-state index in [4.69, 9.17) is 21.7 Å². The molecule has 3 heterocycles. The van der Waals surface area contributed by atoms with E-state index >= 15 is 0 Å². The van der Waals surface area contributed by atoms with Crippen LogP contribution < -0.4 is 5.32 Å². The predicted molar refractivity (Wildman–Crippen MR) is 192 cm³/mol. The zero-order valence-corrected chi connectivity index (χ0v) is 28.8. The molecule has 0 spiro atoms. The molecule has 1 aliphatic heterocycles. The Morgan fingerprint density at radius 2 is 1.77 bits per heavy atom. The van der Waals surface area contributed by atoms with Crippen molar-refractivity contribution in [3.63, 3.8) is 0 Å². The number of aromatic nitrogens is 2. The number of carbonyl (C=O) groups excluding carboxylic acids is 2. The maximum atomic E-state index is 13.7. The smallest absolute Gasteiger partial charge is 0.274 e. The van der Waals surface area contributed by atoms with E-state index in [0.717, 1.165) is 77.8 Å². The highest BCUT2D eigenvalue weighted by Crippen LogP contribution is 2.36. The Morgan fingerprint density at radius 3 is 2.54 bits per heavy atom. The summed E-state index contributed by atoms with van der Waals surface area (Å²) >= 11 is 7.02. The molecule has 4 aromatic rings. The molecule has 8 heteroatoms. The van der Waals surface area contributed by atoms with Crippen LogP contribution in [0.15, 0.2) is 60.8 Å². The summed E-state index contributed by atoms with van der Waals surface area (Å²) in [5.41, 5.74) is 9.32. The van der Waals surface area contributed by atoms with Gasteiger partial charge in [-0.15, -0.1) is 0 Å². The molecule has 1 aliphatic carbocycles. The number of nitrogens with one attached hydrogen (secondary N) is 1. The molecule has 6 rings (SSSR count). The third-order valence-corrected chi connectivity index (χ3v) is 10.5. The number of hydrogen-bond donors (Lipinski definition) is 2. The monoisotopic (exact) mass is 664 g/mol. The topological polar surface area (TPSA) is 95.4 Å². The zero-order chi connectivity index (χ0) is 33.6. The number of hydrogen-bond acceptors (Lipinski definition) is 6. The second-order valence-corrected chi connectivity index (χ2v) is 13.7. The van der Waals surface area contributed by atoms with Gasteiger partial charge in [0.1, 0.15) is 11.4 Å². The minimum Gasteiger partial charge on any atom is -0.396 e. The second-order valence-electron chi connectivity index (χ2n) is 13.3. The number of carbonyl (C=O) groups is 2. The van der Waals surface area contributed by atoms with Crippen molar-refractivity contribution >= 4 is 29.0 Å². The Balaban J connectivity index is 1.17. The first kappa shape index (κ1) is 34.0. The average Bonchev–Trinajstić information content (AvgIpc) is 3.10. The molecule has 7 nitrogen and oxygen atoms in total. The lowest BCUT2D eigenvalue weighted by atomic mass is 9.91. The van der Waals surface area contributed by atoms with E-state index < -0.39 is 0 Å². The summed E-state index contributed by atoms with van der Waals surface area (Å²) in [4.78, 5) is 38.7. The molecule has 0 unspecified atom stereocenters. The lowest BCUT2D eigenvalue weighted by molar-refractivity contribution is 0.0984. The number of rotatable bonds is 11. The van der Waals surface area contributed by atoms with Gasteiger partial charge in [0.2, 0.25) is 0 Å². The maximum Gasteiger partial charge on any atom is 0.274 e. The molecule has 2 aliphatic rings. The van der Waals surface area contributed by atoms with Crippen LogP contribution >= 0.6 is 11.6 Å². The molecule has 2 N–H and O–H groups in total. The number of aliphatic hydroxyl groups is 1. The summed E-state index contributed by atoms with van der Waals surface area (Å²) in [6, 6.07) is 17.7. The number of Topliss-reactive ketones (excluding diaryl/α,β-unsaturated/α-hetero) is 1. The molecule has 0 saturated heterocycles. The van der Waals surface area contributed by atoms with Gasteiger partial charge in [-0.1, -0.05) is 67.3 Å². The summed E-state index contributed by atoms with van der Waals surface area (Å²) in [7, 11) is 0. The van der Waals surface area contributed by atoms with E-state index in [1.807, 2.05) is 55.5 Å². The van der Waals surface area contributed by atoms with Crippen LogP contribution in [0.2, 0.25) is 5.02 Å². The highest BCUT2D eigenvalue weighted by atomic mass is 35.5. The van der Waals surface area contributed by atoms with Crippen LogP contribution in [0.4, 0.5) is 5.69 Å². The molecule has 0 radical (unpaired) electrons. The number of aliphatic hydroxyl groups excluding tert-OH is 1. The quantitative estimate of drug-likeness (QED) is 0.124. The van der Waals surface area contributed by atoms with Crippen molar-refractivity contribution in [3.05, 3.63) is 111 Å². The highest BCUT2D eigenvalue weighted by Gasteiger charge is 2.27. The van der Waals surface area contributed by atoms with Gasteiger partial charge in [0.25, 0.3) is 5.91 Å². The Kier molecular flexibility index (Phi) is 11.0. The number of amides is 1. The Bertz CT molecular complexity index is 1780. The van der Waals surface area contributed by atoms with Crippen LogP contribution in [0.3, 0.4) is 0 Å². The van der Waals surface area contributed by atoms with E-state index in [-0.39, 0.29) is 24.7 Å². The van der Waals surface area contributed by atoms with Gasteiger partial charge in [-0.2, -0.15) is 0 Å². The van der Waals surface area contributed by atoms with Crippen molar-refractivity contribution in [1.29, 1.82) is 0 Å². The number of aryl methyl sites for hydroxylation is 2. The third-order valence-electron chi connectivity index (χ3n) is 10.0. The molecular weight excluding hydrogens is 620 g/mol. The number of anilines is 1. The first-order valence-electron chi connectivity index (χ1n) is 17.3. The van der Waals surface area contributed by atoms with Crippen molar-refractivity contribution in [2.75, 3.05) is 18.5 Å². The van der Waals surface area contributed by atoms with Crippen molar-refractivity contribution in [2.45, 2.75) is 90.6 Å². The molecule has 2 aromatic carbocycles. The van der Waals surface area contributed by atoms with Crippen molar-refractivity contribution in [2.24, 2.45) is 0 Å². The molecule has 1 fully saturated rings. The minimum atomic E-state index is -0.294. The van der Waals surface area contributed by atoms with Crippen molar-refractivity contribution < 1.29 is 14.7 Å². The first-order valence-corrected chi connectivity index (χ1v) is 17.7. The van der Waals surface area contributed by atoms with Gasteiger partial charge in [-0.3, -0.25) is 19.5 Å². The lowest BCUT2D eigenvalue weighted by Crippen LogP contribution is -2.41. The summed E-state index contributed by atoms with van der Waals surface area (Å²) < 4.78 is 0. The normalized spacial score (nSPS) is 15.2. The average molecular weight is 665 g/mol. The largest absolute Gasteiger partial charge is 0.396 e. The minimum absolute atomic E-state index is 0.0422. The van der Waals surface area contributed by atoms with Crippen LogP contribution in [0.1, 0.15) is 99.4 Å². The van der Waals surface area contributed by atoms with Gasteiger partial charge in [0, 0.05) is 49.6 Å². The van der Waals surface area contributed by atoms with Gasteiger partial charge < -0.3 is 10.4 Å². The maximum absolute atomic E-state index is 13.7. The lowest BCUT2D eigenvalue weighted by Gasteiger charge is -2.37. The third kappa shape index (κ3) is 7.70. The molecule has 250 valence electrons.